The minimum Gasteiger partial charge on any atom is -0.336 e. The lowest BCUT2D eigenvalue weighted by Gasteiger charge is -2.25. The molecule has 3 aromatic heterocycles. The number of halogens is 3. The van der Waals surface area contributed by atoms with Crippen LogP contribution in [0.25, 0.3) is 11.3 Å². The molecule has 1 atom stereocenters. The first-order valence-electron chi connectivity index (χ1n) is 9.07. The number of alkyl halides is 3. The molecule has 0 aliphatic carbocycles. The van der Waals surface area contributed by atoms with E-state index >= 15 is 0 Å². The van der Waals surface area contributed by atoms with Crippen LogP contribution in [0.4, 0.5) is 19.1 Å². The van der Waals surface area contributed by atoms with E-state index in [0.717, 1.165) is 24.2 Å². The van der Waals surface area contributed by atoms with Gasteiger partial charge in [-0.05, 0) is 37.1 Å². The summed E-state index contributed by atoms with van der Waals surface area (Å²) in [4.78, 5) is 25.8. The smallest absolute Gasteiger partial charge is 0.336 e. The average Bonchev–Trinajstić information content (AvgIpc) is 3.18. The molecule has 7 nitrogen and oxygen atoms in total. The Labute approximate surface area is 163 Å². The summed E-state index contributed by atoms with van der Waals surface area (Å²) in [6.07, 6.45) is 1.32. The SMILES string of the molecule is O=c1ccc(-c2cccnc2)nn1CC1CCCN1c1nccc(C(F)(F)F)n1. The molecular weight excluding hydrogens is 385 g/mol. The molecule has 0 bridgehead atoms. The van der Waals surface area contributed by atoms with Crippen LogP contribution in [0.1, 0.15) is 18.5 Å². The number of hydrogen-bond donors (Lipinski definition) is 0. The van der Waals surface area contributed by atoms with Crippen LogP contribution >= 0.6 is 0 Å². The lowest BCUT2D eigenvalue weighted by molar-refractivity contribution is -0.141. The summed E-state index contributed by atoms with van der Waals surface area (Å²) in [7, 11) is 0. The molecule has 0 N–H and O–H groups in total. The Bertz CT molecular complexity index is 1050. The Morgan fingerprint density at radius 2 is 2.00 bits per heavy atom. The molecule has 150 valence electrons. The zero-order chi connectivity index (χ0) is 20.4. The zero-order valence-corrected chi connectivity index (χ0v) is 15.3. The molecule has 0 amide bonds. The van der Waals surface area contributed by atoms with E-state index in [-0.39, 0.29) is 24.1 Å². The van der Waals surface area contributed by atoms with E-state index < -0.39 is 11.9 Å². The van der Waals surface area contributed by atoms with Gasteiger partial charge < -0.3 is 4.90 Å². The van der Waals surface area contributed by atoms with Gasteiger partial charge in [-0.1, -0.05) is 0 Å². The van der Waals surface area contributed by atoms with E-state index in [1.807, 2.05) is 6.07 Å². The van der Waals surface area contributed by atoms with Crippen LogP contribution in [-0.2, 0) is 12.7 Å². The summed E-state index contributed by atoms with van der Waals surface area (Å²) in [6, 6.07) is 7.28. The van der Waals surface area contributed by atoms with Crippen molar-refractivity contribution in [3.63, 3.8) is 0 Å². The molecule has 4 rings (SSSR count). The maximum absolute atomic E-state index is 13.0. The fourth-order valence-corrected chi connectivity index (χ4v) is 3.38. The van der Waals surface area contributed by atoms with E-state index in [4.69, 9.17) is 0 Å². The molecule has 0 radical (unpaired) electrons. The molecule has 0 aromatic carbocycles. The molecule has 10 heteroatoms. The number of aromatic nitrogens is 5. The second-order valence-electron chi connectivity index (χ2n) is 6.71. The summed E-state index contributed by atoms with van der Waals surface area (Å²) >= 11 is 0. The first kappa shape index (κ1) is 19.0. The van der Waals surface area contributed by atoms with E-state index in [1.54, 1.807) is 29.4 Å². The highest BCUT2D eigenvalue weighted by Gasteiger charge is 2.34. The van der Waals surface area contributed by atoms with Gasteiger partial charge in [0, 0.05) is 36.8 Å². The maximum Gasteiger partial charge on any atom is 0.433 e. The fourth-order valence-electron chi connectivity index (χ4n) is 3.38. The van der Waals surface area contributed by atoms with Crippen LogP contribution in [0.3, 0.4) is 0 Å². The monoisotopic (exact) mass is 402 g/mol. The van der Waals surface area contributed by atoms with Gasteiger partial charge in [-0.2, -0.15) is 18.3 Å². The van der Waals surface area contributed by atoms with Crippen molar-refractivity contribution in [2.75, 3.05) is 11.4 Å². The number of rotatable bonds is 4. The Morgan fingerprint density at radius 1 is 1.14 bits per heavy atom. The van der Waals surface area contributed by atoms with Crippen molar-refractivity contribution in [1.82, 2.24) is 24.7 Å². The minimum atomic E-state index is -4.54. The molecule has 1 aliphatic heterocycles. The van der Waals surface area contributed by atoms with Crippen LogP contribution in [0.5, 0.6) is 0 Å². The Kier molecular flexibility index (Phi) is 4.99. The summed E-state index contributed by atoms with van der Waals surface area (Å²) in [5.74, 6) is 0.0128. The molecular formula is C19H17F3N6O. The molecule has 0 saturated carbocycles. The fraction of sp³-hybridized carbons (Fsp3) is 0.316. The molecule has 29 heavy (non-hydrogen) atoms. The highest BCUT2D eigenvalue weighted by atomic mass is 19.4. The Hall–Kier alpha value is -3.30. The van der Waals surface area contributed by atoms with Crippen molar-refractivity contribution < 1.29 is 13.2 Å². The first-order chi connectivity index (χ1) is 13.9. The third kappa shape index (κ3) is 4.10. The van der Waals surface area contributed by atoms with Crippen LogP contribution in [-0.4, -0.2) is 37.3 Å². The first-order valence-corrected chi connectivity index (χ1v) is 9.07. The van der Waals surface area contributed by atoms with Gasteiger partial charge in [0.15, 0.2) is 0 Å². The van der Waals surface area contributed by atoms with Gasteiger partial charge in [-0.25, -0.2) is 14.6 Å². The van der Waals surface area contributed by atoms with Crippen LogP contribution in [0.2, 0.25) is 0 Å². The molecule has 0 spiro atoms. The van der Waals surface area contributed by atoms with Gasteiger partial charge in [0.05, 0.1) is 18.3 Å². The summed E-state index contributed by atoms with van der Waals surface area (Å²) < 4.78 is 40.3. The Balaban J connectivity index is 1.60. The molecule has 1 fully saturated rings. The van der Waals surface area contributed by atoms with Gasteiger partial charge in [0.1, 0.15) is 5.69 Å². The third-order valence-electron chi connectivity index (χ3n) is 4.77. The van der Waals surface area contributed by atoms with Crippen molar-refractivity contribution >= 4 is 5.95 Å². The molecule has 1 saturated heterocycles. The molecule has 4 heterocycles. The molecule has 1 unspecified atom stereocenters. The normalized spacial score (nSPS) is 16.9. The van der Waals surface area contributed by atoms with Gasteiger partial charge in [-0.15, -0.1) is 0 Å². The van der Waals surface area contributed by atoms with E-state index in [1.165, 1.54) is 10.7 Å². The number of pyridine rings is 1. The van der Waals surface area contributed by atoms with Gasteiger partial charge >= 0.3 is 6.18 Å². The van der Waals surface area contributed by atoms with E-state index in [2.05, 4.69) is 20.1 Å². The van der Waals surface area contributed by atoms with Crippen molar-refractivity contribution in [2.45, 2.75) is 31.6 Å². The summed E-state index contributed by atoms with van der Waals surface area (Å²) in [5.41, 5.74) is 0.0970. The predicted molar refractivity (Wildman–Crippen MR) is 99.1 cm³/mol. The van der Waals surface area contributed by atoms with Gasteiger partial charge in [0.2, 0.25) is 5.95 Å². The minimum absolute atomic E-state index is 0.0128. The summed E-state index contributed by atoms with van der Waals surface area (Å²) in [5, 5.41) is 4.41. The molecule has 3 aromatic rings. The zero-order valence-electron chi connectivity index (χ0n) is 15.3. The van der Waals surface area contributed by atoms with E-state index in [9.17, 15) is 18.0 Å². The maximum atomic E-state index is 13.0. The predicted octanol–water partition coefficient (Wildman–Crippen LogP) is 2.78. The second kappa shape index (κ2) is 7.61. The van der Waals surface area contributed by atoms with Gasteiger partial charge in [-0.3, -0.25) is 9.78 Å². The van der Waals surface area contributed by atoms with E-state index in [0.29, 0.717) is 18.7 Å². The van der Waals surface area contributed by atoms with Gasteiger partial charge in [0.25, 0.3) is 5.56 Å². The van der Waals surface area contributed by atoms with Crippen molar-refractivity contribution in [1.29, 1.82) is 0 Å². The number of anilines is 1. The van der Waals surface area contributed by atoms with Crippen molar-refractivity contribution in [3.05, 3.63) is 65.0 Å². The van der Waals surface area contributed by atoms with Crippen LogP contribution < -0.4 is 10.5 Å². The number of nitrogens with zero attached hydrogens (tertiary/aromatic N) is 6. The Morgan fingerprint density at radius 3 is 2.76 bits per heavy atom. The second-order valence-corrected chi connectivity index (χ2v) is 6.71. The van der Waals surface area contributed by atoms with Crippen LogP contribution in [0, 0.1) is 0 Å². The average molecular weight is 402 g/mol. The van der Waals surface area contributed by atoms with Crippen LogP contribution in [0.15, 0.2) is 53.7 Å². The van der Waals surface area contributed by atoms with Crippen molar-refractivity contribution in [3.8, 4) is 11.3 Å². The summed E-state index contributed by atoms with van der Waals surface area (Å²) in [6.45, 7) is 0.746. The lowest BCUT2D eigenvalue weighted by Crippen LogP contribution is -2.38. The highest BCUT2D eigenvalue weighted by Crippen LogP contribution is 2.30. The number of hydrogen-bond acceptors (Lipinski definition) is 6. The standard InChI is InChI=1S/C19H17F3N6O/c20-19(21,22)16-7-9-24-18(25-16)27-10-2-4-14(27)12-28-17(29)6-5-15(26-28)13-3-1-8-23-11-13/h1,3,5-9,11,14H,2,4,10,12H2. The third-order valence-corrected chi connectivity index (χ3v) is 4.77. The topological polar surface area (TPSA) is 76.8 Å². The lowest BCUT2D eigenvalue weighted by atomic mass is 10.2. The molecule has 1 aliphatic rings. The largest absolute Gasteiger partial charge is 0.433 e. The quantitative estimate of drug-likeness (QED) is 0.668. The van der Waals surface area contributed by atoms with Crippen molar-refractivity contribution in [2.24, 2.45) is 0 Å². The highest BCUT2D eigenvalue weighted by molar-refractivity contribution is 5.56.